The van der Waals surface area contributed by atoms with Crippen LogP contribution in [0.2, 0.25) is 0 Å². The van der Waals surface area contributed by atoms with Gasteiger partial charge in [0.2, 0.25) is 0 Å². The zero-order chi connectivity index (χ0) is 41.7. The second kappa shape index (κ2) is 15.3. The van der Waals surface area contributed by atoms with E-state index in [2.05, 4.69) is 246 Å². The van der Waals surface area contributed by atoms with Gasteiger partial charge in [0.15, 0.2) is 0 Å². The smallest absolute Gasteiger partial charge is 0.143 e. The number of fused-ring (bicyclic) bond motifs is 6. The Hall–Kier alpha value is -8.40. The number of nitrogens with zero attached hydrogens (tertiary/aromatic N) is 2. The first-order valence-electron chi connectivity index (χ1n) is 21.5. The van der Waals surface area contributed by atoms with Crippen molar-refractivity contribution in [3.63, 3.8) is 0 Å². The summed E-state index contributed by atoms with van der Waals surface area (Å²) >= 11 is 0. The topological polar surface area (TPSA) is 21.3 Å². The van der Waals surface area contributed by atoms with Crippen LogP contribution in [0.4, 0.5) is 17.1 Å². The standard InChI is InChI=1S/C60H40N2O/c1-3-21-41(22-4-1)43-25-7-8-26-44(43)45-27-9-10-28-46(45)47-29-11-15-35-53(47)62(54-36-16-12-30-48(54)50-33-19-34-51-49-31-14-18-40-58(49)63-60(50)51)57-39-20-38-56-59(57)52-32-13-17-37-55(52)61(56)42-23-5-2-6-24-42/h1-40H. The first-order valence-corrected chi connectivity index (χ1v) is 21.5. The summed E-state index contributed by atoms with van der Waals surface area (Å²) in [5.74, 6) is 0. The highest BCUT2D eigenvalue weighted by molar-refractivity contribution is 6.18. The molecule has 0 aliphatic heterocycles. The molecule has 0 saturated carbocycles. The van der Waals surface area contributed by atoms with E-state index >= 15 is 0 Å². The van der Waals surface area contributed by atoms with Gasteiger partial charge in [0, 0.05) is 43.9 Å². The van der Waals surface area contributed by atoms with E-state index in [-0.39, 0.29) is 0 Å². The average molecular weight is 805 g/mol. The third-order valence-corrected chi connectivity index (χ3v) is 12.4. The summed E-state index contributed by atoms with van der Waals surface area (Å²) in [4.78, 5) is 2.50. The van der Waals surface area contributed by atoms with Gasteiger partial charge in [-0.15, -0.1) is 0 Å². The highest BCUT2D eigenvalue weighted by Crippen LogP contribution is 2.51. The molecule has 0 saturated heterocycles. The van der Waals surface area contributed by atoms with E-state index in [9.17, 15) is 0 Å². The summed E-state index contributed by atoms with van der Waals surface area (Å²) < 4.78 is 9.15. The molecule has 10 aromatic carbocycles. The van der Waals surface area contributed by atoms with Crippen LogP contribution in [0.15, 0.2) is 247 Å². The van der Waals surface area contributed by atoms with Gasteiger partial charge in [-0.2, -0.15) is 0 Å². The number of aromatic nitrogens is 1. The molecule has 2 heterocycles. The number of rotatable bonds is 8. The largest absolute Gasteiger partial charge is 0.455 e. The second-order valence-electron chi connectivity index (χ2n) is 16.0. The van der Waals surface area contributed by atoms with Crippen LogP contribution < -0.4 is 4.90 Å². The number of hydrogen-bond donors (Lipinski definition) is 0. The van der Waals surface area contributed by atoms with Crippen LogP contribution in [0.3, 0.4) is 0 Å². The number of para-hydroxylation sites is 6. The molecule has 12 rings (SSSR count). The molecule has 0 amide bonds. The fourth-order valence-corrected chi connectivity index (χ4v) is 9.72. The lowest BCUT2D eigenvalue weighted by Crippen LogP contribution is -2.13. The Morgan fingerprint density at radius 3 is 1.49 bits per heavy atom. The molecule has 0 aliphatic rings. The maximum atomic E-state index is 6.75. The van der Waals surface area contributed by atoms with Crippen LogP contribution in [-0.4, -0.2) is 4.57 Å². The maximum Gasteiger partial charge on any atom is 0.143 e. The Bertz CT molecular complexity index is 3640. The average Bonchev–Trinajstić information content (AvgIpc) is 3.92. The lowest BCUT2D eigenvalue weighted by Gasteiger charge is -2.31. The molecular formula is C60H40N2O. The highest BCUT2D eigenvalue weighted by Gasteiger charge is 2.27. The van der Waals surface area contributed by atoms with Crippen molar-refractivity contribution < 1.29 is 4.42 Å². The first-order chi connectivity index (χ1) is 31.3. The van der Waals surface area contributed by atoms with Crippen LogP contribution in [0.1, 0.15) is 0 Å². The lowest BCUT2D eigenvalue weighted by molar-refractivity contribution is 0.670. The Kier molecular flexibility index (Phi) is 8.83. The zero-order valence-corrected chi connectivity index (χ0v) is 34.4. The summed E-state index contributed by atoms with van der Waals surface area (Å²) in [6.45, 7) is 0. The van der Waals surface area contributed by atoms with E-state index in [0.717, 1.165) is 78.0 Å². The normalized spacial score (nSPS) is 11.5. The van der Waals surface area contributed by atoms with Crippen molar-refractivity contribution in [2.24, 2.45) is 0 Å². The van der Waals surface area contributed by atoms with Gasteiger partial charge in [0.1, 0.15) is 11.2 Å². The molecule has 0 spiro atoms. The predicted octanol–water partition coefficient (Wildman–Crippen LogP) is 16.8. The molecule has 2 aromatic heterocycles. The van der Waals surface area contributed by atoms with Gasteiger partial charge >= 0.3 is 0 Å². The molecule has 3 nitrogen and oxygen atoms in total. The van der Waals surface area contributed by atoms with Crippen molar-refractivity contribution in [3.05, 3.63) is 243 Å². The fourth-order valence-electron chi connectivity index (χ4n) is 9.72. The third-order valence-electron chi connectivity index (χ3n) is 12.4. The molecule has 0 bridgehead atoms. The summed E-state index contributed by atoms with van der Waals surface area (Å²) in [5.41, 5.74) is 17.5. The van der Waals surface area contributed by atoms with Crippen LogP contribution in [0, 0.1) is 0 Å². The number of benzene rings is 10. The molecule has 0 N–H and O–H groups in total. The van der Waals surface area contributed by atoms with E-state index < -0.39 is 0 Å². The number of anilines is 3. The van der Waals surface area contributed by atoms with E-state index in [4.69, 9.17) is 4.42 Å². The van der Waals surface area contributed by atoms with Gasteiger partial charge < -0.3 is 13.9 Å². The number of hydrogen-bond acceptors (Lipinski definition) is 2. The summed E-state index contributed by atoms with van der Waals surface area (Å²) in [5, 5.41) is 4.57. The predicted molar refractivity (Wildman–Crippen MR) is 264 cm³/mol. The van der Waals surface area contributed by atoms with E-state index in [1.54, 1.807) is 0 Å². The van der Waals surface area contributed by atoms with Gasteiger partial charge in [-0.1, -0.05) is 194 Å². The lowest BCUT2D eigenvalue weighted by atomic mass is 9.88. The molecule has 12 aromatic rings. The second-order valence-corrected chi connectivity index (χ2v) is 16.0. The Morgan fingerprint density at radius 2 is 0.762 bits per heavy atom. The number of furan rings is 1. The van der Waals surface area contributed by atoms with E-state index in [1.165, 1.54) is 33.0 Å². The third kappa shape index (κ3) is 6.05. The molecule has 3 heteroatoms. The first kappa shape index (κ1) is 36.5. The molecular weight excluding hydrogens is 765 g/mol. The van der Waals surface area contributed by atoms with Crippen molar-refractivity contribution in [2.75, 3.05) is 4.90 Å². The van der Waals surface area contributed by atoms with Crippen molar-refractivity contribution in [2.45, 2.75) is 0 Å². The Morgan fingerprint density at radius 1 is 0.302 bits per heavy atom. The van der Waals surface area contributed by atoms with Gasteiger partial charge in [-0.05, 0) is 76.3 Å². The Balaban J connectivity index is 1.17. The van der Waals surface area contributed by atoms with Gasteiger partial charge in [0.25, 0.3) is 0 Å². The Labute approximate surface area is 366 Å². The van der Waals surface area contributed by atoms with Crippen LogP contribution in [-0.2, 0) is 0 Å². The molecule has 0 radical (unpaired) electrons. The molecule has 0 unspecified atom stereocenters. The van der Waals surface area contributed by atoms with Gasteiger partial charge in [-0.3, -0.25) is 0 Å². The van der Waals surface area contributed by atoms with Crippen molar-refractivity contribution in [1.29, 1.82) is 0 Å². The van der Waals surface area contributed by atoms with E-state index in [0.29, 0.717) is 0 Å². The van der Waals surface area contributed by atoms with Crippen molar-refractivity contribution in [1.82, 2.24) is 4.57 Å². The SMILES string of the molecule is c1ccc(-c2ccccc2-c2ccccc2-c2ccccc2N(c2ccccc2-c2cccc3c2oc2ccccc23)c2cccc3c2c2ccccc2n3-c2ccccc2)cc1. The molecule has 63 heavy (non-hydrogen) atoms. The highest BCUT2D eigenvalue weighted by atomic mass is 16.3. The molecule has 296 valence electrons. The maximum absolute atomic E-state index is 6.75. The minimum Gasteiger partial charge on any atom is -0.455 e. The molecule has 0 atom stereocenters. The molecule has 0 fully saturated rings. The van der Waals surface area contributed by atoms with Crippen LogP contribution in [0.25, 0.3) is 93.9 Å². The van der Waals surface area contributed by atoms with E-state index in [1.807, 2.05) is 6.07 Å². The minimum atomic E-state index is 0.876. The zero-order valence-electron chi connectivity index (χ0n) is 34.4. The van der Waals surface area contributed by atoms with Crippen LogP contribution in [0.5, 0.6) is 0 Å². The van der Waals surface area contributed by atoms with Crippen LogP contribution >= 0.6 is 0 Å². The monoisotopic (exact) mass is 804 g/mol. The van der Waals surface area contributed by atoms with Gasteiger partial charge in [0.05, 0.1) is 28.1 Å². The summed E-state index contributed by atoms with van der Waals surface area (Å²) in [6.07, 6.45) is 0. The minimum absolute atomic E-state index is 0.876. The fraction of sp³-hybridized carbons (Fsp3) is 0. The summed E-state index contributed by atoms with van der Waals surface area (Å²) in [7, 11) is 0. The van der Waals surface area contributed by atoms with Crippen molar-refractivity contribution in [3.8, 4) is 50.2 Å². The summed E-state index contributed by atoms with van der Waals surface area (Å²) in [6, 6.07) is 87.1. The quantitative estimate of drug-likeness (QED) is 0.153. The van der Waals surface area contributed by atoms with Crippen molar-refractivity contribution >= 4 is 60.8 Å². The molecule has 0 aliphatic carbocycles. The van der Waals surface area contributed by atoms with Gasteiger partial charge in [-0.25, -0.2) is 0 Å².